The number of anilines is 1. The van der Waals surface area contributed by atoms with Gasteiger partial charge >= 0.3 is 6.03 Å². The van der Waals surface area contributed by atoms with Crippen LogP contribution in [0.25, 0.3) is 0 Å². The Labute approximate surface area is 188 Å². The van der Waals surface area contributed by atoms with E-state index in [2.05, 4.69) is 58.8 Å². The van der Waals surface area contributed by atoms with E-state index in [4.69, 9.17) is 0 Å². The number of urea groups is 1. The number of piperidine rings is 1. The summed E-state index contributed by atoms with van der Waals surface area (Å²) in [7, 11) is 0. The van der Waals surface area contributed by atoms with Gasteiger partial charge in [0.1, 0.15) is 0 Å². The molecule has 29 heavy (non-hydrogen) atoms. The number of carbonyl (C=O) groups is 1. The summed E-state index contributed by atoms with van der Waals surface area (Å²) in [6.45, 7) is 7.35. The van der Waals surface area contributed by atoms with Gasteiger partial charge in [0.25, 0.3) is 0 Å². The van der Waals surface area contributed by atoms with Crippen molar-refractivity contribution < 1.29 is 4.79 Å². The topological polar surface area (TPSA) is 35.6 Å². The second-order valence-electron chi connectivity index (χ2n) is 7.96. The highest BCUT2D eigenvalue weighted by Gasteiger charge is 2.29. The molecule has 1 fully saturated rings. The Balaban J connectivity index is 1.69. The third kappa shape index (κ3) is 6.44. The van der Waals surface area contributed by atoms with Crippen molar-refractivity contribution in [3.05, 3.63) is 63.7 Å². The van der Waals surface area contributed by atoms with Gasteiger partial charge in [0.2, 0.25) is 0 Å². The second kappa shape index (κ2) is 11.0. The van der Waals surface area contributed by atoms with Crippen molar-refractivity contribution in [2.45, 2.75) is 58.2 Å². The standard InChI is InChI=1S/C24H32IN3O/c1-3-7-19(2)27-16-14-23(15-17-27)28(18-20-8-5-4-6-9-20)24(29)26-22-12-10-21(25)11-13-22/h4-6,8-13,19,23H,3,7,14-18H2,1-2H3,(H,26,29). The minimum absolute atomic E-state index is 0.00452. The summed E-state index contributed by atoms with van der Waals surface area (Å²) >= 11 is 2.28. The molecule has 2 amide bonds. The zero-order valence-corrected chi connectivity index (χ0v) is 19.6. The first-order valence-corrected chi connectivity index (χ1v) is 11.8. The lowest BCUT2D eigenvalue weighted by atomic mass is 10.00. The van der Waals surface area contributed by atoms with Crippen LogP contribution in [-0.2, 0) is 6.54 Å². The van der Waals surface area contributed by atoms with E-state index in [1.54, 1.807) is 0 Å². The van der Waals surface area contributed by atoms with Crippen LogP contribution in [0.2, 0.25) is 0 Å². The van der Waals surface area contributed by atoms with Gasteiger partial charge in [-0.25, -0.2) is 4.79 Å². The lowest BCUT2D eigenvalue weighted by Gasteiger charge is -2.40. The number of nitrogens with zero attached hydrogens (tertiary/aromatic N) is 2. The lowest BCUT2D eigenvalue weighted by molar-refractivity contribution is 0.0989. The van der Waals surface area contributed by atoms with Gasteiger partial charge in [-0.15, -0.1) is 0 Å². The Hall–Kier alpha value is -1.60. The number of likely N-dealkylation sites (tertiary alicyclic amines) is 1. The van der Waals surface area contributed by atoms with Crippen LogP contribution in [0.4, 0.5) is 10.5 Å². The van der Waals surface area contributed by atoms with Gasteiger partial charge < -0.3 is 15.1 Å². The molecular weight excluding hydrogens is 473 g/mol. The molecule has 0 saturated carbocycles. The fourth-order valence-electron chi connectivity index (χ4n) is 4.11. The molecule has 1 N–H and O–H groups in total. The minimum atomic E-state index is -0.00452. The van der Waals surface area contributed by atoms with Crippen molar-refractivity contribution in [1.82, 2.24) is 9.80 Å². The SMILES string of the molecule is CCCC(C)N1CCC(N(Cc2ccccc2)C(=O)Nc2ccc(I)cc2)CC1. The number of carbonyl (C=O) groups excluding carboxylic acids is 1. The van der Waals surface area contributed by atoms with Crippen LogP contribution in [0.1, 0.15) is 45.1 Å². The van der Waals surface area contributed by atoms with Gasteiger partial charge in [0, 0.05) is 41.0 Å². The van der Waals surface area contributed by atoms with E-state index in [0.717, 1.165) is 35.2 Å². The molecule has 0 spiro atoms. The fourth-order valence-corrected chi connectivity index (χ4v) is 4.47. The maximum atomic E-state index is 13.2. The third-order valence-corrected chi connectivity index (χ3v) is 6.54. The highest BCUT2D eigenvalue weighted by molar-refractivity contribution is 14.1. The van der Waals surface area contributed by atoms with E-state index in [1.807, 2.05) is 47.4 Å². The molecule has 1 saturated heterocycles. The maximum Gasteiger partial charge on any atom is 0.322 e. The first-order valence-electron chi connectivity index (χ1n) is 10.7. The van der Waals surface area contributed by atoms with E-state index in [9.17, 15) is 4.79 Å². The zero-order valence-electron chi connectivity index (χ0n) is 17.5. The Bertz CT molecular complexity index is 757. The Morgan fingerprint density at radius 2 is 1.79 bits per heavy atom. The van der Waals surface area contributed by atoms with E-state index >= 15 is 0 Å². The molecule has 0 aromatic heterocycles. The molecule has 0 bridgehead atoms. The maximum absolute atomic E-state index is 13.2. The second-order valence-corrected chi connectivity index (χ2v) is 9.20. The number of benzene rings is 2. The summed E-state index contributed by atoms with van der Waals surface area (Å²) in [4.78, 5) is 17.8. The summed E-state index contributed by atoms with van der Waals surface area (Å²) in [6, 6.07) is 19.2. The van der Waals surface area contributed by atoms with Crippen LogP contribution in [-0.4, -0.2) is 41.0 Å². The normalized spacial score (nSPS) is 16.4. The van der Waals surface area contributed by atoms with Crippen molar-refractivity contribution in [3.8, 4) is 0 Å². The minimum Gasteiger partial charge on any atom is -0.317 e. The van der Waals surface area contributed by atoms with Gasteiger partial charge in [-0.05, 0) is 78.6 Å². The van der Waals surface area contributed by atoms with E-state index < -0.39 is 0 Å². The van der Waals surface area contributed by atoms with Gasteiger partial charge in [0.05, 0.1) is 0 Å². The Morgan fingerprint density at radius 1 is 1.14 bits per heavy atom. The number of hydrogen-bond donors (Lipinski definition) is 1. The first-order chi connectivity index (χ1) is 14.1. The van der Waals surface area contributed by atoms with Crippen molar-refractivity contribution in [2.24, 2.45) is 0 Å². The molecule has 4 nitrogen and oxygen atoms in total. The van der Waals surface area contributed by atoms with Crippen LogP contribution in [0.5, 0.6) is 0 Å². The molecule has 156 valence electrons. The third-order valence-electron chi connectivity index (χ3n) is 5.82. The molecule has 2 aromatic carbocycles. The molecule has 0 radical (unpaired) electrons. The predicted molar refractivity (Wildman–Crippen MR) is 129 cm³/mol. The van der Waals surface area contributed by atoms with Crippen LogP contribution >= 0.6 is 22.6 Å². The summed E-state index contributed by atoms with van der Waals surface area (Å²) in [5.74, 6) is 0. The Morgan fingerprint density at radius 3 is 2.41 bits per heavy atom. The van der Waals surface area contributed by atoms with Crippen LogP contribution < -0.4 is 5.32 Å². The smallest absolute Gasteiger partial charge is 0.317 e. The quantitative estimate of drug-likeness (QED) is 0.470. The zero-order chi connectivity index (χ0) is 20.6. The predicted octanol–water partition coefficient (Wildman–Crippen LogP) is 5.98. The number of hydrogen-bond acceptors (Lipinski definition) is 2. The van der Waals surface area contributed by atoms with Crippen LogP contribution in [0.3, 0.4) is 0 Å². The van der Waals surface area contributed by atoms with E-state index in [0.29, 0.717) is 12.6 Å². The number of nitrogens with one attached hydrogen (secondary N) is 1. The van der Waals surface area contributed by atoms with Gasteiger partial charge in [-0.2, -0.15) is 0 Å². The van der Waals surface area contributed by atoms with Gasteiger partial charge in [0.15, 0.2) is 0 Å². The van der Waals surface area contributed by atoms with Crippen molar-refractivity contribution in [1.29, 1.82) is 0 Å². The number of halogens is 1. The summed E-state index contributed by atoms with van der Waals surface area (Å²) in [6.07, 6.45) is 4.52. The monoisotopic (exact) mass is 505 g/mol. The molecule has 0 aliphatic carbocycles. The molecule has 1 aliphatic rings. The van der Waals surface area contributed by atoms with Crippen LogP contribution in [0.15, 0.2) is 54.6 Å². The molecule has 2 aromatic rings. The number of rotatable bonds is 7. The van der Waals surface area contributed by atoms with Crippen LogP contribution in [0, 0.1) is 3.57 Å². The Kier molecular flexibility index (Phi) is 8.36. The molecule has 3 rings (SSSR count). The average Bonchev–Trinajstić information content (AvgIpc) is 2.74. The van der Waals surface area contributed by atoms with E-state index in [1.165, 1.54) is 18.4 Å². The average molecular weight is 505 g/mol. The first kappa shape index (κ1) is 22.1. The van der Waals surface area contributed by atoms with E-state index in [-0.39, 0.29) is 12.1 Å². The van der Waals surface area contributed by atoms with Crippen molar-refractivity contribution in [3.63, 3.8) is 0 Å². The highest BCUT2D eigenvalue weighted by atomic mass is 127. The van der Waals surface area contributed by atoms with Gasteiger partial charge in [-0.3, -0.25) is 0 Å². The summed E-state index contributed by atoms with van der Waals surface area (Å²) < 4.78 is 1.16. The number of amides is 2. The molecular formula is C24H32IN3O. The highest BCUT2D eigenvalue weighted by Crippen LogP contribution is 2.23. The van der Waals surface area contributed by atoms with Crippen molar-refractivity contribution >= 4 is 34.3 Å². The fraction of sp³-hybridized carbons (Fsp3) is 0.458. The molecule has 5 heteroatoms. The summed E-state index contributed by atoms with van der Waals surface area (Å²) in [5, 5.41) is 3.11. The molecule has 1 atom stereocenters. The van der Waals surface area contributed by atoms with Gasteiger partial charge in [-0.1, -0.05) is 43.7 Å². The van der Waals surface area contributed by atoms with Crippen molar-refractivity contribution in [2.75, 3.05) is 18.4 Å². The summed E-state index contributed by atoms with van der Waals surface area (Å²) in [5.41, 5.74) is 2.02. The molecule has 1 unspecified atom stereocenters. The largest absolute Gasteiger partial charge is 0.322 e. The lowest BCUT2D eigenvalue weighted by Crippen LogP contribution is -2.50. The molecule has 1 aliphatic heterocycles. The molecule has 1 heterocycles.